The van der Waals surface area contributed by atoms with Crippen molar-refractivity contribution in [3.8, 4) is 0 Å². The number of hydrogen-bond donors (Lipinski definition) is 1. The molecule has 1 saturated heterocycles. The number of nitrogens with two attached hydrogens (primary N) is 1. The molecule has 1 aliphatic heterocycles. The van der Waals surface area contributed by atoms with Gasteiger partial charge in [0.2, 0.25) is 5.91 Å². The van der Waals surface area contributed by atoms with Crippen LogP contribution in [0.3, 0.4) is 0 Å². The van der Waals surface area contributed by atoms with Crippen molar-refractivity contribution in [1.82, 2.24) is 4.90 Å². The van der Waals surface area contributed by atoms with Crippen molar-refractivity contribution in [2.75, 3.05) is 18.8 Å². The molecule has 1 heterocycles. The molecule has 1 fully saturated rings. The number of amides is 1. The van der Waals surface area contributed by atoms with Gasteiger partial charge in [-0.15, -0.1) is 12.4 Å². The van der Waals surface area contributed by atoms with Crippen LogP contribution in [0.25, 0.3) is 0 Å². The third-order valence-electron chi connectivity index (χ3n) is 4.31. The summed E-state index contributed by atoms with van der Waals surface area (Å²) in [6.45, 7) is 3.05. The molecule has 0 aromatic heterocycles. The number of halogens is 4. The summed E-state index contributed by atoms with van der Waals surface area (Å²) in [6, 6.07) is 5.07. The molecule has 0 bridgehead atoms. The summed E-state index contributed by atoms with van der Waals surface area (Å²) in [5.74, 6) is -1.73. The quantitative estimate of drug-likeness (QED) is 0.800. The monoisotopic (exact) mass is 414 g/mol. The van der Waals surface area contributed by atoms with Crippen LogP contribution in [0.1, 0.15) is 18.9 Å². The summed E-state index contributed by atoms with van der Waals surface area (Å²) in [6.07, 6.45) is -3.88. The lowest BCUT2D eigenvalue weighted by Crippen LogP contribution is -2.35. The molecule has 2 unspecified atom stereocenters. The normalized spacial score (nSPS) is 20.7. The number of likely N-dealkylation sites (tertiary alicyclic amines) is 1. The Morgan fingerprint density at radius 3 is 2.31 bits per heavy atom. The highest BCUT2D eigenvalue weighted by atomic mass is 35.5. The van der Waals surface area contributed by atoms with Crippen molar-refractivity contribution in [3.63, 3.8) is 0 Å². The minimum atomic E-state index is -4.79. The lowest BCUT2D eigenvalue weighted by Gasteiger charge is -2.21. The van der Waals surface area contributed by atoms with E-state index in [-0.39, 0.29) is 36.7 Å². The Hall–Kier alpha value is -1.32. The first-order valence-corrected chi connectivity index (χ1v) is 9.55. The Balaban J connectivity index is 0.00000338. The van der Waals surface area contributed by atoms with Gasteiger partial charge < -0.3 is 10.6 Å². The van der Waals surface area contributed by atoms with E-state index in [1.807, 2.05) is 6.92 Å². The fourth-order valence-electron chi connectivity index (χ4n) is 3.05. The van der Waals surface area contributed by atoms with Gasteiger partial charge in [0.1, 0.15) is 0 Å². The van der Waals surface area contributed by atoms with Gasteiger partial charge in [-0.1, -0.05) is 12.1 Å². The molecule has 2 rings (SSSR count). The maximum atomic E-state index is 12.4. The Morgan fingerprint density at radius 2 is 1.85 bits per heavy atom. The molecule has 148 valence electrons. The molecule has 0 radical (unpaired) electrons. The maximum absolute atomic E-state index is 12.4. The zero-order valence-electron chi connectivity index (χ0n) is 14.2. The molecule has 1 amide bonds. The summed E-state index contributed by atoms with van der Waals surface area (Å²) in [7, 11) is -4.43. The van der Waals surface area contributed by atoms with Crippen LogP contribution in [0.15, 0.2) is 29.2 Å². The van der Waals surface area contributed by atoms with Crippen molar-refractivity contribution in [3.05, 3.63) is 29.8 Å². The number of alkyl halides is 3. The number of nitrogens with zero attached hydrogens (tertiary/aromatic N) is 1. The molecule has 0 spiro atoms. The fourth-order valence-corrected chi connectivity index (χ4v) is 4.20. The largest absolute Gasteiger partial charge is 0.403 e. The number of carbonyl (C=O) groups excluding carboxylic acids is 1. The molecule has 26 heavy (non-hydrogen) atoms. The van der Waals surface area contributed by atoms with Gasteiger partial charge in [0.05, 0.1) is 11.3 Å². The maximum Gasteiger partial charge on any atom is 0.403 e. The fraction of sp³-hybridized carbons (Fsp3) is 0.562. The van der Waals surface area contributed by atoms with Crippen LogP contribution in [0, 0.1) is 5.92 Å². The van der Waals surface area contributed by atoms with Gasteiger partial charge >= 0.3 is 6.18 Å². The second kappa shape index (κ2) is 8.58. The topological polar surface area (TPSA) is 80.5 Å². The Morgan fingerprint density at radius 1 is 1.27 bits per heavy atom. The second-order valence-corrected chi connectivity index (χ2v) is 8.42. The zero-order valence-corrected chi connectivity index (χ0v) is 15.8. The van der Waals surface area contributed by atoms with E-state index in [0.717, 1.165) is 18.6 Å². The number of hydrogen-bond acceptors (Lipinski definition) is 4. The number of carbonyl (C=O) groups is 1. The van der Waals surface area contributed by atoms with Gasteiger partial charge in [-0.3, -0.25) is 4.79 Å². The van der Waals surface area contributed by atoms with E-state index in [1.54, 1.807) is 4.90 Å². The van der Waals surface area contributed by atoms with Crippen molar-refractivity contribution < 1.29 is 26.4 Å². The van der Waals surface area contributed by atoms with Crippen molar-refractivity contribution >= 4 is 28.2 Å². The Labute approximate surface area is 157 Å². The number of rotatable bonds is 5. The van der Waals surface area contributed by atoms with Gasteiger partial charge in [-0.05, 0) is 43.5 Å². The first kappa shape index (κ1) is 22.7. The van der Waals surface area contributed by atoms with E-state index >= 15 is 0 Å². The van der Waals surface area contributed by atoms with Gasteiger partial charge in [0.15, 0.2) is 15.6 Å². The van der Waals surface area contributed by atoms with Crippen molar-refractivity contribution in [1.29, 1.82) is 0 Å². The highest BCUT2D eigenvalue weighted by Gasteiger charge is 2.36. The van der Waals surface area contributed by atoms with Gasteiger partial charge in [-0.2, -0.15) is 13.2 Å². The summed E-state index contributed by atoms with van der Waals surface area (Å²) < 4.78 is 60.4. The molecule has 2 N–H and O–H groups in total. The third-order valence-corrected chi connectivity index (χ3v) is 6.00. The highest BCUT2D eigenvalue weighted by molar-refractivity contribution is 7.91. The molecule has 0 saturated carbocycles. The number of benzene rings is 1. The predicted molar refractivity (Wildman–Crippen MR) is 93.8 cm³/mol. The van der Waals surface area contributed by atoms with Crippen LogP contribution in [-0.4, -0.2) is 50.3 Å². The molecule has 1 aromatic rings. The molecule has 1 aliphatic rings. The average molecular weight is 415 g/mol. The molecule has 1 aromatic carbocycles. The van der Waals surface area contributed by atoms with Gasteiger partial charge in [0, 0.05) is 12.6 Å². The van der Waals surface area contributed by atoms with Crippen LogP contribution in [0.4, 0.5) is 13.2 Å². The molecule has 5 nitrogen and oxygen atoms in total. The highest BCUT2D eigenvalue weighted by Crippen LogP contribution is 2.24. The van der Waals surface area contributed by atoms with Crippen LogP contribution in [-0.2, 0) is 21.1 Å². The van der Waals surface area contributed by atoms with Crippen LogP contribution >= 0.6 is 12.4 Å². The second-order valence-electron chi connectivity index (χ2n) is 6.43. The third kappa shape index (κ3) is 5.85. The van der Waals surface area contributed by atoms with Crippen molar-refractivity contribution in [2.45, 2.75) is 36.9 Å². The van der Waals surface area contributed by atoms with Crippen LogP contribution < -0.4 is 5.73 Å². The van der Waals surface area contributed by atoms with Crippen LogP contribution in [0.5, 0.6) is 0 Å². The average Bonchev–Trinajstić information content (AvgIpc) is 2.86. The Kier molecular flexibility index (Phi) is 7.50. The molecule has 2 atom stereocenters. The van der Waals surface area contributed by atoms with Gasteiger partial charge in [0.25, 0.3) is 0 Å². The standard InChI is InChI=1S/C16H21F3N2O3S.ClH/c1-11-6-13(8-20)9-21(11)15(22)7-12-2-4-14(5-3-12)25(23,24)10-16(17,18)19;/h2-5,11,13H,6-10,20H2,1H3;1H. The molecular formula is C16H22ClF3N2O3S. The number of sulfone groups is 1. The van der Waals surface area contributed by atoms with Crippen molar-refractivity contribution in [2.24, 2.45) is 11.7 Å². The summed E-state index contributed by atoms with van der Waals surface area (Å²) in [5, 5.41) is 0. The molecule has 0 aliphatic carbocycles. The Bertz CT molecular complexity index is 723. The predicted octanol–water partition coefficient (Wildman–Crippen LogP) is 2.18. The van der Waals surface area contributed by atoms with E-state index in [0.29, 0.717) is 18.7 Å². The summed E-state index contributed by atoms with van der Waals surface area (Å²) in [5.41, 5.74) is 6.19. The van der Waals surface area contributed by atoms with E-state index < -0.39 is 26.7 Å². The molecule has 10 heteroatoms. The SMILES string of the molecule is CC1CC(CN)CN1C(=O)Cc1ccc(S(=O)(=O)CC(F)(F)F)cc1.Cl. The van der Waals surface area contributed by atoms with E-state index in [9.17, 15) is 26.4 Å². The smallest absolute Gasteiger partial charge is 0.339 e. The zero-order chi connectivity index (χ0) is 18.8. The lowest BCUT2D eigenvalue weighted by molar-refractivity contribution is -0.131. The minimum absolute atomic E-state index is 0. The first-order chi connectivity index (χ1) is 11.5. The lowest BCUT2D eigenvalue weighted by atomic mass is 10.1. The van der Waals surface area contributed by atoms with E-state index in [2.05, 4.69) is 0 Å². The minimum Gasteiger partial charge on any atom is -0.339 e. The van der Waals surface area contributed by atoms with E-state index in [4.69, 9.17) is 5.73 Å². The van der Waals surface area contributed by atoms with Crippen LogP contribution in [0.2, 0.25) is 0 Å². The summed E-state index contributed by atoms with van der Waals surface area (Å²) >= 11 is 0. The molecular weight excluding hydrogens is 393 g/mol. The summed E-state index contributed by atoms with van der Waals surface area (Å²) in [4.78, 5) is 13.7. The van der Waals surface area contributed by atoms with Gasteiger partial charge in [-0.25, -0.2) is 8.42 Å². The first-order valence-electron chi connectivity index (χ1n) is 7.90. The van der Waals surface area contributed by atoms with E-state index in [1.165, 1.54) is 12.1 Å².